The Labute approximate surface area is 147 Å². The van der Waals surface area contributed by atoms with E-state index in [0.29, 0.717) is 0 Å². The zero-order chi connectivity index (χ0) is 16.6. The molecule has 1 aliphatic heterocycles. The summed E-state index contributed by atoms with van der Waals surface area (Å²) in [5.74, 6) is 1.03. The van der Waals surface area contributed by atoms with E-state index >= 15 is 0 Å². The second kappa shape index (κ2) is 5.78. The largest absolute Gasteiger partial charge is 0.384 e. The molecule has 5 rings (SSSR count). The van der Waals surface area contributed by atoms with E-state index in [4.69, 9.17) is 4.98 Å². The molecule has 25 heavy (non-hydrogen) atoms. The maximum Gasteiger partial charge on any atom is 0.141 e. The summed E-state index contributed by atoms with van der Waals surface area (Å²) in [7, 11) is 0. The molecule has 0 radical (unpaired) electrons. The number of anilines is 1. The highest BCUT2D eigenvalue weighted by molar-refractivity contribution is 5.86. The topological polar surface area (TPSA) is 29.9 Å². The van der Waals surface area contributed by atoms with Crippen LogP contribution in [-0.4, -0.2) is 16.1 Å². The second-order valence-corrected chi connectivity index (χ2v) is 6.55. The minimum atomic E-state index is 0.820. The Morgan fingerprint density at radius 2 is 1.68 bits per heavy atom. The molecule has 3 nitrogen and oxygen atoms in total. The van der Waals surface area contributed by atoms with E-state index in [1.807, 2.05) is 6.07 Å². The van der Waals surface area contributed by atoms with Crippen LogP contribution in [-0.2, 0) is 13.0 Å². The van der Waals surface area contributed by atoms with Gasteiger partial charge in [0.1, 0.15) is 5.82 Å². The molecule has 2 heterocycles. The Morgan fingerprint density at radius 3 is 2.48 bits per heavy atom. The number of imidazole rings is 1. The van der Waals surface area contributed by atoms with Gasteiger partial charge in [-0.15, -0.1) is 0 Å². The second-order valence-electron chi connectivity index (χ2n) is 6.55. The van der Waals surface area contributed by atoms with Gasteiger partial charge in [0.05, 0.1) is 11.0 Å². The molecule has 3 aromatic carbocycles. The van der Waals surface area contributed by atoms with E-state index < -0.39 is 0 Å². The molecule has 0 aliphatic carbocycles. The molecule has 122 valence electrons. The highest BCUT2D eigenvalue weighted by Crippen LogP contribution is 2.32. The van der Waals surface area contributed by atoms with Crippen molar-refractivity contribution in [2.45, 2.75) is 13.0 Å². The summed E-state index contributed by atoms with van der Waals surface area (Å²) in [6, 6.07) is 25.6. The van der Waals surface area contributed by atoms with Gasteiger partial charge in [0, 0.05) is 24.3 Å². The fourth-order valence-corrected chi connectivity index (χ4v) is 3.65. The van der Waals surface area contributed by atoms with Crippen molar-refractivity contribution in [3.8, 4) is 11.4 Å². The zero-order valence-corrected chi connectivity index (χ0v) is 13.9. The molecular formula is C22H19N3. The highest BCUT2D eigenvalue weighted by Gasteiger charge is 2.17. The lowest BCUT2D eigenvalue weighted by Crippen LogP contribution is -2.02. The van der Waals surface area contributed by atoms with Gasteiger partial charge in [-0.3, -0.25) is 0 Å². The molecule has 0 atom stereocenters. The first kappa shape index (κ1) is 14.3. The van der Waals surface area contributed by atoms with E-state index in [2.05, 4.69) is 76.6 Å². The quantitative estimate of drug-likeness (QED) is 0.591. The van der Waals surface area contributed by atoms with Crippen LogP contribution in [0, 0.1) is 0 Å². The summed E-state index contributed by atoms with van der Waals surface area (Å²) in [5.41, 5.74) is 7.33. The molecule has 0 spiro atoms. The van der Waals surface area contributed by atoms with Crippen LogP contribution in [0.5, 0.6) is 0 Å². The van der Waals surface area contributed by atoms with E-state index in [0.717, 1.165) is 36.4 Å². The maximum absolute atomic E-state index is 4.99. The van der Waals surface area contributed by atoms with Gasteiger partial charge in [-0.25, -0.2) is 4.98 Å². The standard InChI is InChI=1S/C22H19N3/c1-3-7-16(8-4-1)15-25-21-14-19-18(11-12-23-19)13-20(21)24-22(25)17-9-5-2-6-10-17/h1-10,13-14,23H,11-12,15H2. The molecule has 1 N–H and O–H groups in total. The monoisotopic (exact) mass is 325 g/mol. The maximum atomic E-state index is 4.99. The molecule has 0 fully saturated rings. The first-order valence-corrected chi connectivity index (χ1v) is 8.75. The van der Waals surface area contributed by atoms with Crippen LogP contribution < -0.4 is 5.32 Å². The van der Waals surface area contributed by atoms with Crippen LogP contribution >= 0.6 is 0 Å². The van der Waals surface area contributed by atoms with Crippen molar-refractivity contribution < 1.29 is 0 Å². The Balaban J connectivity index is 1.73. The average Bonchev–Trinajstić information content (AvgIpc) is 3.26. The molecule has 0 amide bonds. The van der Waals surface area contributed by atoms with E-state index in [1.165, 1.54) is 22.3 Å². The van der Waals surface area contributed by atoms with Gasteiger partial charge in [0.15, 0.2) is 0 Å². The van der Waals surface area contributed by atoms with Crippen LogP contribution in [0.25, 0.3) is 22.4 Å². The molecule has 1 aromatic heterocycles. The summed E-state index contributed by atoms with van der Waals surface area (Å²) in [6.45, 7) is 1.84. The third-order valence-electron chi connectivity index (χ3n) is 4.90. The molecule has 0 saturated heterocycles. The fraction of sp³-hybridized carbons (Fsp3) is 0.136. The highest BCUT2D eigenvalue weighted by atomic mass is 15.1. The Morgan fingerprint density at radius 1 is 0.920 bits per heavy atom. The van der Waals surface area contributed by atoms with Crippen molar-refractivity contribution in [1.82, 2.24) is 9.55 Å². The summed E-state index contributed by atoms with van der Waals surface area (Å²) in [6.07, 6.45) is 1.08. The molecule has 3 heteroatoms. The number of benzene rings is 3. The van der Waals surface area contributed by atoms with Crippen LogP contribution in [0.15, 0.2) is 72.8 Å². The molecule has 0 bridgehead atoms. The van der Waals surface area contributed by atoms with Gasteiger partial charge in [-0.2, -0.15) is 0 Å². The molecule has 1 aliphatic rings. The number of nitrogens with zero attached hydrogens (tertiary/aromatic N) is 2. The Bertz CT molecular complexity index is 1030. The summed E-state index contributed by atoms with van der Waals surface area (Å²) in [4.78, 5) is 4.99. The van der Waals surface area contributed by atoms with Gasteiger partial charge in [0.25, 0.3) is 0 Å². The molecular weight excluding hydrogens is 306 g/mol. The predicted octanol–water partition coefficient (Wildman–Crippen LogP) is 4.72. The smallest absolute Gasteiger partial charge is 0.141 e. The lowest BCUT2D eigenvalue weighted by atomic mass is 10.1. The van der Waals surface area contributed by atoms with Gasteiger partial charge in [0.2, 0.25) is 0 Å². The van der Waals surface area contributed by atoms with Gasteiger partial charge < -0.3 is 9.88 Å². The normalized spacial score (nSPS) is 13.0. The Hall–Kier alpha value is -3.07. The van der Waals surface area contributed by atoms with Crippen LogP contribution in [0.1, 0.15) is 11.1 Å². The summed E-state index contributed by atoms with van der Waals surface area (Å²) < 4.78 is 2.33. The number of hydrogen-bond acceptors (Lipinski definition) is 2. The van der Waals surface area contributed by atoms with Crippen molar-refractivity contribution >= 4 is 16.7 Å². The minimum Gasteiger partial charge on any atom is -0.384 e. The number of hydrogen-bond donors (Lipinski definition) is 1. The summed E-state index contributed by atoms with van der Waals surface area (Å²) >= 11 is 0. The van der Waals surface area contributed by atoms with Crippen LogP contribution in [0.4, 0.5) is 5.69 Å². The van der Waals surface area contributed by atoms with Crippen LogP contribution in [0.3, 0.4) is 0 Å². The van der Waals surface area contributed by atoms with Gasteiger partial charge in [-0.1, -0.05) is 60.7 Å². The van der Waals surface area contributed by atoms with Crippen molar-refractivity contribution in [2.75, 3.05) is 11.9 Å². The van der Waals surface area contributed by atoms with Crippen molar-refractivity contribution in [3.05, 3.63) is 83.9 Å². The van der Waals surface area contributed by atoms with E-state index in [9.17, 15) is 0 Å². The summed E-state index contributed by atoms with van der Waals surface area (Å²) in [5, 5.41) is 3.49. The lowest BCUT2D eigenvalue weighted by Gasteiger charge is -2.10. The Kier molecular flexibility index (Phi) is 3.30. The number of aromatic nitrogens is 2. The first-order chi connectivity index (χ1) is 12.4. The number of fused-ring (bicyclic) bond motifs is 2. The lowest BCUT2D eigenvalue weighted by molar-refractivity contribution is 0.834. The third kappa shape index (κ3) is 2.49. The third-order valence-corrected chi connectivity index (χ3v) is 4.90. The van der Waals surface area contributed by atoms with Gasteiger partial charge >= 0.3 is 0 Å². The van der Waals surface area contributed by atoms with Crippen molar-refractivity contribution in [2.24, 2.45) is 0 Å². The zero-order valence-electron chi connectivity index (χ0n) is 13.9. The van der Waals surface area contributed by atoms with Crippen molar-refractivity contribution in [1.29, 1.82) is 0 Å². The molecule has 0 unspecified atom stereocenters. The first-order valence-electron chi connectivity index (χ1n) is 8.75. The molecule has 4 aromatic rings. The fourth-order valence-electron chi connectivity index (χ4n) is 3.65. The predicted molar refractivity (Wildman–Crippen MR) is 103 cm³/mol. The number of nitrogens with one attached hydrogen (secondary N) is 1. The van der Waals surface area contributed by atoms with E-state index in [-0.39, 0.29) is 0 Å². The average molecular weight is 325 g/mol. The van der Waals surface area contributed by atoms with Crippen LogP contribution in [0.2, 0.25) is 0 Å². The molecule has 0 saturated carbocycles. The van der Waals surface area contributed by atoms with Gasteiger partial charge in [-0.05, 0) is 29.7 Å². The van der Waals surface area contributed by atoms with Crippen molar-refractivity contribution in [3.63, 3.8) is 0 Å². The van der Waals surface area contributed by atoms with E-state index in [1.54, 1.807) is 0 Å². The minimum absolute atomic E-state index is 0.820. The SMILES string of the molecule is c1ccc(Cn2c(-c3ccccc3)nc3cc4c(cc32)NCC4)cc1. The number of rotatable bonds is 3.